The molecule has 0 radical (unpaired) electrons. The first kappa shape index (κ1) is 11.2. The van der Waals surface area contributed by atoms with E-state index in [0.717, 1.165) is 14.2 Å². The maximum Gasteiger partial charge on any atom is 0.345 e. The number of carbonyl (C=O) groups excluding carboxylic acids is 2. The van der Waals surface area contributed by atoms with E-state index in [-0.39, 0.29) is 0 Å². The third-order valence-electron chi connectivity index (χ3n) is 1.10. The van der Waals surface area contributed by atoms with Crippen LogP contribution in [0.4, 0.5) is 0 Å². The van der Waals surface area contributed by atoms with Gasteiger partial charge in [-0.3, -0.25) is 0 Å². The summed E-state index contributed by atoms with van der Waals surface area (Å²) >= 11 is 0. The van der Waals surface area contributed by atoms with Crippen LogP contribution in [0, 0.1) is 0 Å². The van der Waals surface area contributed by atoms with Crippen LogP contribution in [0.5, 0.6) is 0 Å². The van der Waals surface area contributed by atoms with Crippen LogP contribution in [0.3, 0.4) is 0 Å². The van der Waals surface area contributed by atoms with E-state index in [9.17, 15) is 14.4 Å². The van der Waals surface area contributed by atoms with Crippen molar-refractivity contribution in [3.63, 3.8) is 0 Å². The fourth-order valence-corrected chi connectivity index (χ4v) is 0.495. The van der Waals surface area contributed by atoms with E-state index in [1.807, 2.05) is 0 Å². The van der Waals surface area contributed by atoms with Gasteiger partial charge in [0.25, 0.3) is 0 Å². The third kappa shape index (κ3) is 3.37. The fraction of sp³-hybridized carbons (Fsp3) is 0.286. The SMILES string of the molecule is COC(=O)/C=C(/C(=O)O)C(=O)OC. The molecule has 13 heavy (non-hydrogen) atoms. The second-order valence-corrected chi connectivity index (χ2v) is 1.88. The fourth-order valence-electron chi connectivity index (χ4n) is 0.495. The Bertz CT molecular complexity index is 264. The number of aliphatic carboxylic acids is 1. The number of ether oxygens (including phenoxy) is 2. The van der Waals surface area contributed by atoms with Gasteiger partial charge in [0.15, 0.2) is 5.57 Å². The maximum atomic E-state index is 10.7. The zero-order valence-corrected chi connectivity index (χ0v) is 7.07. The molecule has 0 bridgehead atoms. The van der Waals surface area contributed by atoms with Crippen LogP contribution in [-0.2, 0) is 23.9 Å². The lowest BCUT2D eigenvalue weighted by Gasteiger charge is -1.98. The first-order valence-corrected chi connectivity index (χ1v) is 3.14. The van der Waals surface area contributed by atoms with Crippen molar-refractivity contribution in [1.82, 2.24) is 0 Å². The Labute approximate surface area is 73.7 Å². The average Bonchev–Trinajstić information content (AvgIpc) is 2.11. The van der Waals surface area contributed by atoms with Gasteiger partial charge in [0.1, 0.15) is 0 Å². The van der Waals surface area contributed by atoms with Crippen LogP contribution >= 0.6 is 0 Å². The topological polar surface area (TPSA) is 89.9 Å². The molecule has 6 heteroatoms. The van der Waals surface area contributed by atoms with Crippen molar-refractivity contribution in [3.8, 4) is 0 Å². The molecule has 0 saturated heterocycles. The van der Waals surface area contributed by atoms with Gasteiger partial charge in [-0.1, -0.05) is 0 Å². The minimum Gasteiger partial charge on any atom is -0.477 e. The summed E-state index contributed by atoms with van der Waals surface area (Å²) < 4.78 is 8.26. The van der Waals surface area contributed by atoms with Crippen molar-refractivity contribution in [2.24, 2.45) is 0 Å². The molecule has 0 aromatic heterocycles. The van der Waals surface area contributed by atoms with Crippen molar-refractivity contribution in [3.05, 3.63) is 11.6 Å². The molecule has 0 aromatic rings. The summed E-state index contributed by atoms with van der Waals surface area (Å²) in [5.41, 5.74) is -0.769. The van der Waals surface area contributed by atoms with Gasteiger partial charge >= 0.3 is 17.9 Å². The number of methoxy groups -OCH3 is 2. The third-order valence-corrected chi connectivity index (χ3v) is 1.10. The highest BCUT2D eigenvalue weighted by atomic mass is 16.5. The lowest BCUT2D eigenvalue weighted by Crippen LogP contribution is -2.15. The van der Waals surface area contributed by atoms with Crippen LogP contribution < -0.4 is 0 Å². The number of carboxylic acid groups (broad SMARTS) is 1. The normalized spacial score (nSPS) is 10.5. The Kier molecular flexibility index (Phi) is 4.21. The highest BCUT2D eigenvalue weighted by Gasteiger charge is 2.19. The van der Waals surface area contributed by atoms with Gasteiger partial charge in [-0.2, -0.15) is 0 Å². The maximum absolute atomic E-state index is 10.7. The number of carbonyl (C=O) groups is 3. The summed E-state index contributed by atoms with van der Waals surface area (Å²) in [7, 11) is 2.08. The van der Waals surface area contributed by atoms with E-state index in [1.165, 1.54) is 0 Å². The van der Waals surface area contributed by atoms with Gasteiger partial charge in [-0.15, -0.1) is 0 Å². The monoisotopic (exact) mass is 188 g/mol. The van der Waals surface area contributed by atoms with Crippen LogP contribution in [0.1, 0.15) is 0 Å². The van der Waals surface area contributed by atoms with E-state index in [0.29, 0.717) is 6.08 Å². The molecule has 0 atom stereocenters. The molecule has 0 aliphatic rings. The second kappa shape index (κ2) is 4.91. The summed E-state index contributed by atoms with van der Waals surface area (Å²) in [6.07, 6.45) is 0.550. The lowest BCUT2D eigenvalue weighted by molar-refractivity contribution is -0.144. The molecule has 0 aliphatic carbocycles. The molecule has 0 heterocycles. The zero-order valence-electron chi connectivity index (χ0n) is 7.07. The average molecular weight is 188 g/mol. The van der Waals surface area contributed by atoms with E-state index in [4.69, 9.17) is 5.11 Å². The Hall–Kier alpha value is -1.85. The number of hydrogen-bond donors (Lipinski definition) is 1. The highest BCUT2D eigenvalue weighted by Crippen LogP contribution is 1.98. The van der Waals surface area contributed by atoms with Crippen LogP contribution in [0.25, 0.3) is 0 Å². The number of rotatable bonds is 3. The summed E-state index contributed by atoms with van der Waals surface area (Å²) in [6, 6.07) is 0. The molecule has 0 amide bonds. The molecule has 0 aromatic carbocycles. The van der Waals surface area contributed by atoms with E-state index in [2.05, 4.69) is 9.47 Å². The van der Waals surface area contributed by atoms with Crippen molar-refractivity contribution in [2.75, 3.05) is 14.2 Å². The van der Waals surface area contributed by atoms with E-state index >= 15 is 0 Å². The predicted octanol–water partition coefficient (Wildman–Crippen LogP) is -0.657. The summed E-state index contributed by atoms with van der Waals surface area (Å²) in [4.78, 5) is 31.7. The van der Waals surface area contributed by atoms with Crippen molar-refractivity contribution in [2.45, 2.75) is 0 Å². The first-order valence-electron chi connectivity index (χ1n) is 3.14. The van der Waals surface area contributed by atoms with Gasteiger partial charge < -0.3 is 14.6 Å². The number of hydrogen-bond acceptors (Lipinski definition) is 5. The minimum absolute atomic E-state index is 0.550. The predicted molar refractivity (Wildman–Crippen MR) is 39.8 cm³/mol. The minimum atomic E-state index is -1.54. The van der Waals surface area contributed by atoms with E-state index < -0.39 is 23.5 Å². The van der Waals surface area contributed by atoms with Gasteiger partial charge in [0.05, 0.1) is 14.2 Å². The number of carboxylic acids is 1. The van der Waals surface area contributed by atoms with Gasteiger partial charge in [0.2, 0.25) is 0 Å². The molecule has 1 N–H and O–H groups in total. The molecule has 6 nitrogen and oxygen atoms in total. The molecule has 0 saturated carbocycles. The quantitative estimate of drug-likeness (QED) is 0.274. The molecule has 0 unspecified atom stereocenters. The smallest absolute Gasteiger partial charge is 0.345 e. The summed E-state index contributed by atoms with van der Waals surface area (Å²) in [6.45, 7) is 0. The largest absolute Gasteiger partial charge is 0.477 e. The van der Waals surface area contributed by atoms with Gasteiger partial charge in [-0.25, -0.2) is 14.4 Å². The first-order chi connectivity index (χ1) is 6.02. The standard InChI is InChI=1S/C7H8O6/c1-12-5(8)3-4(6(9)10)7(11)13-2/h3H,1-2H3,(H,9,10)/b4-3-. The van der Waals surface area contributed by atoms with Crippen molar-refractivity contribution in [1.29, 1.82) is 0 Å². The number of esters is 2. The lowest BCUT2D eigenvalue weighted by atomic mass is 10.2. The summed E-state index contributed by atoms with van der Waals surface area (Å²) in [5, 5.41) is 8.44. The molecule has 0 fully saturated rings. The van der Waals surface area contributed by atoms with Crippen LogP contribution in [-0.4, -0.2) is 37.2 Å². The Morgan fingerprint density at radius 2 is 1.69 bits per heavy atom. The Morgan fingerprint density at radius 1 is 1.15 bits per heavy atom. The Balaban J connectivity index is 4.81. The molecule has 0 spiro atoms. The van der Waals surface area contributed by atoms with Crippen LogP contribution in [0.15, 0.2) is 11.6 Å². The molecule has 0 aliphatic heterocycles. The van der Waals surface area contributed by atoms with Crippen molar-refractivity contribution >= 4 is 17.9 Å². The van der Waals surface area contributed by atoms with Gasteiger partial charge in [0, 0.05) is 6.08 Å². The second-order valence-electron chi connectivity index (χ2n) is 1.88. The molecule has 72 valence electrons. The molecular formula is C7H8O6. The Morgan fingerprint density at radius 3 is 2.00 bits per heavy atom. The van der Waals surface area contributed by atoms with E-state index in [1.54, 1.807) is 0 Å². The van der Waals surface area contributed by atoms with Crippen LogP contribution in [0.2, 0.25) is 0 Å². The summed E-state index contributed by atoms with van der Waals surface area (Å²) in [5.74, 6) is -3.57. The molecule has 0 rings (SSSR count). The van der Waals surface area contributed by atoms with Gasteiger partial charge in [-0.05, 0) is 0 Å². The molecular weight excluding hydrogens is 180 g/mol. The highest BCUT2D eigenvalue weighted by molar-refractivity contribution is 6.16. The van der Waals surface area contributed by atoms with Crippen molar-refractivity contribution < 1.29 is 29.0 Å². The zero-order chi connectivity index (χ0) is 10.4.